The van der Waals surface area contributed by atoms with Gasteiger partial charge in [0.05, 0.1) is 17.0 Å². The molecule has 0 spiro atoms. The van der Waals surface area contributed by atoms with Crippen molar-refractivity contribution in [1.29, 1.82) is 0 Å². The van der Waals surface area contributed by atoms with Crippen LogP contribution in [0, 0.1) is 16.0 Å². The van der Waals surface area contributed by atoms with Crippen LogP contribution in [0.15, 0.2) is 78.9 Å². The summed E-state index contributed by atoms with van der Waals surface area (Å²) >= 11 is 0. The highest BCUT2D eigenvalue weighted by atomic mass is 16.6. The van der Waals surface area contributed by atoms with Crippen LogP contribution in [0.4, 0.5) is 16.2 Å². The molecule has 0 unspecified atom stereocenters. The Hall–Kier alpha value is -3.87. The number of benzene rings is 3. The third kappa shape index (κ3) is 3.66. The summed E-state index contributed by atoms with van der Waals surface area (Å²) in [4.78, 5) is 25.5. The molecule has 0 aromatic heterocycles. The summed E-state index contributed by atoms with van der Waals surface area (Å²) in [5, 5.41) is 14.7. The van der Waals surface area contributed by atoms with Crippen molar-refractivity contribution in [2.75, 3.05) is 11.9 Å². The molecule has 0 aliphatic carbocycles. The third-order valence-corrected chi connectivity index (χ3v) is 6.37. The molecule has 2 heterocycles. The largest absolute Gasteiger partial charge is 0.445 e. The lowest BCUT2D eigenvalue weighted by molar-refractivity contribution is -0.384. The highest BCUT2D eigenvalue weighted by molar-refractivity contribution is 5.71. The van der Waals surface area contributed by atoms with E-state index in [4.69, 9.17) is 4.74 Å². The van der Waals surface area contributed by atoms with Crippen molar-refractivity contribution in [2.45, 2.75) is 25.1 Å². The summed E-state index contributed by atoms with van der Waals surface area (Å²) in [5.74, 6) is 0.135. The number of nitrogens with zero attached hydrogens (tertiary/aromatic N) is 2. The van der Waals surface area contributed by atoms with Crippen LogP contribution in [-0.2, 0) is 11.3 Å². The van der Waals surface area contributed by atoms with Gasteiger partial charge in [0.2, 0.25) is 0 Å². The third-order valence-electron chi connectivity index (χ3n) is 6.37. The molecule has 3 atom stereocenters. The van der Waals surface area contributed by atoms with E-state index in [0.29, 0.717) is 6.54 Å². The standard InChI is InChI=1S/C25H23N3O4/c29-25(32-16-17-6-2-1-3-7-17)27-15-14-21-23(18-10-12-19(13-11-18)28(30)31)26-22-9-5-4-8-20(22)24(21)27/h1-13,21,23-24,26H,14-16H2/t21-,23+,24+/m0/s1. The molecule has 32 heavy (non-hydrogen) atoms. The van der Waals surface area contributed by atoms with Crippen LogP contribution in [0.25, 0.3) is 0 Å². The number of nitrogens with one attached hydrogen (secondary N) is 1. The molecule has 1 saturated heterocycles. The monoisotopic (exact) mass is 429 g/mol. The van der Waals surface area contributed by atoms with Gasteiger partial charge in [-0.1, -0.05) is 60.7 Å². The average Bonchev–Trinajstić information content (AvgIpc) is 3.28. The fraction of sp³-hybridized carbons (Fsp3) is 0.240. The number of likely N-dealkylation sites (tertiary alicyclic amines) is 1. The SMILES string of the molecule is O=C(OCc1ccccc1)N1CC[C@H]2[C@@H](c3ccc([N+](=O)[O-])cc3)Nc3ccccc3[C@H]21. The zero-order valence-corrected chi connectivity index (χ0v) is 17.4. The Balaban J connectivity index is 1.42. The molecule has 0 radical (unpaired) electrons. The number of nitro benzene ring substituents is 1. The van der Waals surface area contributed by atoms with Crippen LogP contribution in [0.3, 0.4) is 0 Å². The first-order chi connectivity index (χ1) is 15.6. The second kappa shape index (κ2) is 8.34. The molecular formula is C25H23N3O4. The zero-order chi connectivity index (χ0) is 22.1. The Morgan fingerprint density at radius 2 is 1.75 bits per heavy atom. The van der Waals surface area contributed by atoms with Gasteiger partial charge in [-0.3, -0.25) is 10.1 Å². The summed E-state index contributed by atoms with van der Waals surface area (Å²) in [5.41, 5.74) is 4.04. The molecule has 2 aliphatic rings. The van der Waals surface area contributed by atoms with Crippen LogP contribution in [-0.4, -0.2) is 22.5 Å². The molecule has 5 rings (SSSR count). The normalized spacial score (nSPS) is 21.2. The molecule has 2 aliphatic heterocycles. The summed E-state index contributed by atoms with van der Waals surface area (Å²) in [6.45, 7) is 0.835. The lowest BCUT2D eigenvalue weighted by atomic mass is 9.80. The molecule has 1 amide bonds. The van der Waals surface area contributed by atoms with Crippen molar-refractivity contribution in [3.05, 3.63) is 106 Å². The number of nitro groups is 1. The highest BCUT2D eigenvalue weighted by Gasteiger charge is 2.46. The summed E-state index contributed by atoms with van der Waals surface area (Å²) < 4.78 is 5.65. The topological polar surface area (TPSA) is 84.7 Å². The second-order valence-electron chi connectivity index (χ2n) is 8.19. The Labute approximate surface area is 185 Å². The lowest BCUT2D eigenvalue weighted by Crippen LogP contribution is -2.37. The molecule has 7 heteroatoms. The van der Waals surface area contributed by atoms with Gasteiger partial charge in [-0.25, -0.2) is 4.79 Å². The van der Waals surface area contributed by atoms with Gasteiger partial charge in [0, 0.05) is 30.3 Å². The van der Waals surface area contributed by atoms with E-state index >= 15 is 0 Å². The van der Waals surface area contributed by atoms with Gasteiger partial charge in [-0.05, 0) is 29.2 Å². The number of ether oxygens (including phenoxy) is 1. The van der Waals surface area contributed by atoms with Crippen molar-refractivity contribution in [3.63, 3.8) is 0 Å². The van der Waals surface area contributed by atoms with Gasteiger partial charge in [0.15, 0.2) is 0 Å². The quantitative estimate of drug-likeness (QED) is 0.440. The van der Waals surface area contributed by atoms with E-state index in [-0.39, 0.29) is 36.4 Å². The van der Waals surface area contributed by atoms with Crippen molar-refractivity contribution >= 4 is 17.5 Å². The number of amides is 1. The number of anilines is 1. The Morgan fingerprint density at radius 3 is 2.50 bits per heavy atom. The number of non-ortho nitro benzene ring substituents is 1. The van der Waals surface area contributed by atoms with Crippen molar-refractivity contribution in [2.24, 2.45) is 5.92 Å². The van der Waals surface area contributed by atoms with E-state index in [9.17, 15) is 14.9 Å². The number of carbonyl (C=O) groups excluding carboxylic acids is 1. The van der Waals surface area contributed by atoms with Gasteiger partial charge >= 0.3 is 6.09 Å². The Kier molecular flexibility index (Phi) is 5.23. The maximum Gasteiger partial charge on any atom is 0.410 e. The first kappa shape index (κ1) is 20.1. The zero-order valence-electron chi connectivity index (χ0n) is 17.4. The first-order valence-electron chi connectivity index (χ1n) is 10.7. The fourth-order valence-electron chi connectivity index (χ4n) is 4.87. The second-order valence-corrected chi connectivity index (χ2v) is 8.19. The molecule has 3 aromatic carbocycles. The minimum Gasteiger partial charge on any atom is -0.445 e. The molecular weight excluding hydrogens is 406 g/mol. The predicted molar refractivity (Wildman–Crippen MR) is 120 cm³/mol. The maximum atomic E-state index is 13.1. The molecule has 162 valence electrons. The van der Waals surface area contributed by atoms with E-state index < -0.39 is 4.92 Å². The summed E-state index contributed by atoms with van der Waals surface area (Å²) in [6.07, 6.45) is 0.495. The van der Waals surface area contributed by atoms with Gasteiger partial charge in [0.25, 0.3) is 5.69 Å². The summed E-state index contributed by atoms with van der Waals surface area (Å²) in [6, 6.07) is 24.2. The number of hydrogen-bond donors (Lipinski definition) is 1. The highest BCUT2D eigenvalue weighted by Crippen LogP contribution is 2.51. The van der Waals surface area contributed by atoms with E-state index in [2.05, 4.69) is 11.4 Å². The number of hydrogen-bond acceptors (Lipinski definition) is 5. The summed E-state index contributed by atoms with van der Waals surface area (Å²) in [7, 11) is 0. The smallest absolute Gasteiger partial charge is 0.410 e. The van der Waals surface area contributed by atoms with E-state index in [0.717, 1.165) is 28.8 Å². The number of carbonyl (C=O) groups is 1. The van der Waals surface area contributed by atoms with Gasteiger partial charge in [-0.2, -0.15) is 0 Å². The van der Waals surface area contributed by atoms with E-state index in [1.165, 1.54) is 12.1 Å². The lowest BCUT2D eigenvalue weighted by Gasteiger charge is -2.39. The van der Waals surface area contributed by atoms with Crippen molar-refractivity contribution in [1.82, 2.24) is 4.90 Å². The fourth-order valence-corrected chi connectivity index (χ4v) is 4.87. The van der Waals surface area contributed by atoms with Crippen LogP contribution < -0.4 is 5.32 Å². The first-order valence-corrected chi connectivity index (χ1v) is 10.7. The molecule has 0 saturated carbocycles. The van der Waals surface area contributed by atoms with Crippen LogP contribution in [0.5, 0.6) is 0 Å². The molecule has 1 fully saturated rings. The maximum absolute atomic E-state index is 13.1. The predicted octanol–water partition coefficient (Wildman–Crippen LogP) is 5.46. The van der Waals surface area contributed by atoms with Gasteiger partial charge in [-0.15, -0.1) is 0 Å². The van der Waals surface area contributed by atoms with Crippen molar-refractivity contribution in [3.8, 4) is 0 Å². The molecule has 0 bridgehead atoms. The van der Waals surface area contributed by atoms with Gasteiger partial charge < -0.3 is 15.0 Å². The average molecular weight is 429 g/mol. The minimum absolute atomic E-state index is 0.0531. The molecule has 7 nitrogen and oxygen atoms in total. The van der Waals surface area contributed by atoms with Crippen molar-refractivity contribution < 1.29 is 14.5 Å². The number of rotatable bonds is 4. The number of fused-ring (bicyclic) bond motifs is 3. The minimum atomic E-state index is -0.393. The molecule has 1 N–H and O–H groups in total. The van der Waals surface area contributed by atoms with Crippen LogP contribution in [0.1, 0.15) is 35.2 Å². The van der Waals surface area contributed by atoms with E-state index in [1.54, 1.807) is 12.1 Å². The number of para-hydroxylation sites is 1. The molecule has 3 aromatic rings. The van der Waals surface area contributed by atoms with Crippen LogP contribution >= 0.6 is 0 Å². The van der Waals surface area contributed by atoms with E-state index in [1.807, 2.05) is 53.4 Å². The Morgan fingerprint density at radius 1 is 1.03 bits per heavy atom. The Bertz CT molecular complexity index is 1130. The van der Waals surface area contributed by atoms with Gasteiger partial charge in [0.1, 0.15) is 6.61 Å². The van der Waals surface area contributed by atoms with Crippen LogP contribution in [0.2, 0.25) is 0 Å².